The molecule has 1 saturated heterocycles. The topological polar surface area (TPSA) is 49.8 Å². The van der Waals surface area contributed by atoms with Crippen molar-refractivity contribution in [3.05, 3.63) is 70.2 Å². The van der Waals surface area contributed by atoms with E-state index in [0.29, 0.717) is 18.7 Å². The Morgan fingerprint density at radius 3 is 2.62 bits per heavy atom. The molecule has 1 heterocycles. The Balaban J connectivity index is 1.66. The standard InChI is InChI=1S/C19H20ClNO3/c20-18-8-4-2-5-14(18)11-16-13-21(9-10-24-16)12-15-6-1-3-7-17(15)19(22)23/h1-8,16H,9-13H2,(H,22,23)/t16-/m1/s1. The third-order valence-corrected chi connectivity index (χ3v) is 4.64. The first kappa shape index (κ1) is 17.0. The van der Waals surface area contributed by atoms with Crippen molar-refractivity contribution < 1.29 is 14.6 Å². The fourth-order valence-electron chi connectivity index (χ4n) is 3.06. The van der Waals surface area contributed by atoms with Crippen LogP contribution in [-0.4, -0.2) is 41.8 Å². The van der Waals surface area contributed by atoms with Crippen molar-refractivity contribution in [2.45, 2.75) is 19.1 Å². The van der Waals surface area contributed by atoms with Crippen molar-refractivity contribution >= 4 is 17.6 Å². The summed E-state index contributed by atoms with van der Waals surface area (Å²) in [5.74, 6) is -0.883. The molecule has 2 aromatic carbocycles. The van der Waals surface area contributed by atoms with Gasteiger partial charge in [-0.05, 0) is 23.3 Å². The van der Waals surface area contributed by atoms with Crippen molar-refractivity contribution in [3.8, 4) is 0 Å². The van der Waals surface area contributed by atoms with Gasteiger partial charge in [-0.25, -0.2) is 4.79 Å². The van der Waals surface area contributed by atoms with E-state index in [2.05, 4.69) is 4.90 Å². The van der Waals surface area contributed by atoms with Crippen molar-refractivity contribution in [2.75, 3.05) is 19.7 Å². The van der Waals surface area contributed by atoms with Gasteiger partial charge in [0.1, 0.15) is 0 Å². The lowest BCUT2D eigenvalue weighted by molar-refractivity contribution is -0.0305. The third kappa shape index (κ3) is 4.15. The highest BCUT2D eigenvalue weighted by molar-refractivity contribution is 6.31. The van der Waals surface area contributed by atoms with Crippen LogP contribution in [0.1, 0.15) is 21.5 Å². The summed E-state index contributed by atoms with van der Waals surface area (Å²) in [5, 5.41) is 10.1. The smallest absolute Gasteiger partial charge is 0.336 e. The van der Waals surface area contributed by atoms with Crippen LogP contribution in [0.15, 0.2) is 48.5 Å². The first-order valence-corrected chi connectivity index (χ1v) is 8.40. The van der Waals surface area contributed by atoms with Gasteiger partial charge in [0.2, 0.25) is 0 Å². The molecule has 5 heteroatoms. The van der Waals surface area contributed by atoms with Gasteiger partial charge >= 0.3 is 5.97 Å². The first-order chi connectivity index (χ1) is 11.6. The Morgan fingerprint density at radius 2 is 1.88 bits per heavy atom. The molecular weight excluding hydrogens is 326 g/mol. The third-order valence-electron chi connectivity index (χ3n) is 4.27. The fraction of sp³-hybridized carbons (Fsp3) is 0.316. The second-order valence-electron chi connectivity index (χ2n) is 5.99. The number of hydrogen-bond acceptors (Lipinski definition) is 3. The van der Waals surface area contributed by atoms with E-state index in [1.807, 2.05) is 36.4 Å². The van der Waals surface area contributed by atoms with Crippen molar-refractivity contribution in [1.82, 2.24) is 4.90 Å². The molecule has 1 aliphatic rings. The van der Waals surface area contributed by atoms with Crippen LogP contribution in [0.5, 0.6) is 0 Å². The zero-order chi connectivity index (χ0) is 16.9. The lowest BCUT2D eigenvalue weighted by atomic mass is 10.0. The summed E-state index contributed by atoms with van der Waals surface area (Å²) in [4.78, 5) is 13.6. The summed E-state index contributed by atoms with van der Waals surface area (Å²) in [6.45, 7) is 2.82. The number of carboxylic acids is 1. The number of halogens is 1. The number of carboxylic acid groups (broad SMARTS) is 1. The average molecular weight is 346 g/mol. The maximum Gasteiger partial charge on any atom is 0.336 e. The maximum absolute atomic E-state index is 11.3. The van der Waals surface area contributed by atoms with Gasteiger partial charge in [-0.15, -0.1) is 0 Å². The summed E-state index contributed by atoms with van der Waals surface area (Å²) < 4.78 is 5.87. The summed E-state index contributed by atoms with van der Waals surface area (Å²) >= 11 is 6.23. The maximum atomic E-state index is 11.3. The second-order valence-corrected chi connectivity index (χ2v) is 6.39. The number of morpholine rings is 1. The molecule has 4 nitrogen and oxygen atoms in total. The number of nitrogens with zero attached hydrogens (tertiary/aromatic N) is 1. The molecule has 0 unspecified atom stereocenters. The lowest BCUT2D eigenvalue weighted by Crippen LogP contribution is -2.43. The minimum Gasteiger partial charge on any atom is -0.478 e. The van der Waals surface area contributed by atoms with Gasteiger partial charge in [-0.2, -0.15) is 0 Å². The number of benzene rings is 2. The number of ether oxygens (including phenoxy) is 1. The van der Waals surface area contributed by atoms with E-state index in [9.17, 15) is 9.90 Å². The van der Waals surface area contributed by atoms with Crippen LogP contribution in [0.2, 0.25) is 5.02 Å². The Bertz CT molecular complexity index is 719. The summed E-state index contributed by atoms with van der Waals surface area (Å²) in [5.41, 5.74) is 2.28. The van der Waals surface area contributed by atoms with Gasteiger partial charge in [0.05, 0.1) is 18.3 Å². The monoisotopic (exact) mass is 345 g/mol. The van der Waals surface area contributed by atoms with Crippen LogP contribution in [0.3, 0.4) is 0 Å². The molecule has 0 aromatic heterocycles. The van der Waals surface area contributed by atoms with Crippen LogP contribution < -0.4 is 0 Å². The Morgan fingerprint density at radius 1 is 1.17 bits per heavy atom. The van der Waals surface area contributed by atoms with E-state index in [-0.39, 0.29) is 6.10 Å². The van der Waals surface area contributed by atoms with Crippen LogP contribution in [0.25, 0.3) is 0 Å². The van der Waals surface area contributed by atoms with E-state index in [4.69, 9.17) is 16.3 Å². The van der Waals surface area contributed by atoms with Gasteiger partial charge in [-0.1, -0.05) is 48.0 Å². The Hall–Kier alpha value is -1.88. The number of hydrogen-bond donors (Lipinski definition) is 1. The highest BCUT2D eigenvalue weighted by atomic mass is 35.5. The lowest BCUT2D eigenvalue weighted by Gasteiger charge is -2.33. The normalized spacial score (nSPS) is 18.5. The molecule has 1 aliphatic heterocycles. The molecule has 1 atom stereocenters. The first-order valence-electron chi connectivity index (χ1n) is 8.02. The molecule has 24 heavy (non-hydrogen) atoms. The SMILES string of the molecule is O=C(O)c1ccccc1CN1CCO[C@H](Cc2ccccc2Cl)C1. The highest BCUT2D eigenvalue weighted by Crippen LogP contribution is 2.21. The quantitative estimate of drug-likeness (QED) is 0.901. The highest BCUT2D eigenvalue weighted by Gasteiger charge is 2.22. The minimum absolute atomic E-state index is 0.0654. The van der Waals surface area contributed by atoms with E-state index in [0.717, 1.165) is 35.7 Å². The van der Waals surface area contributed by atoms with Crippen LogP contribution >= 0.6 is 11.6 Å². The van der Waals surface area contributed by atoms with Gasteiger partial charge in [0.15, 0.2) is 0 Å². The molecule has 0 bridgehead atoms. The van der Waals surface area contributed by atoms with E-state index < -0.39 is 5.97 Å². The zero-order valence-corrected chi connectivity index (χ0v) is 14.1. The van der Waals surface area contributed by atoms with Crippen LogP contribution in [-0.2, 0) is 17.7 Å². The predicted molar refractivity (Wildman–Crippen MR) is 93.6 cm³/mol. The predicted octanol–water partition coefficient (Wildman–Crippen LogP) is 3.48. The molecule has 1 fully saturated rings. The van der Waals surface area contributed by atoms with Gasteiger partial charge in [0, 0.05) is 31.1 Å². The van der Waals surface area contributed by atoms with Crippen LogP contribution in [0, 0.1) is 0 Å². The van der Waals surface area contributed by atoms with Gasteiger partial charge in [0.25, 0.3) is 0 Å². The Kier molecular flexibility index (Phi) is 5.51. The minimum atomic E-state index is -0.883. The van der Waals surface area contributed by atoms with Crippen LogP contribution in [0.4, 0.5) is 0 Å². The number of carbonyl (C=O) groups is 1. The average Bonchev–Trinajstić information content (AvgIpc) is 2.58. The molecule has 0 radical (unpaired) electrons. The molecule has 0 saturated carbocycles. The second kappa shape index (κ2) is 7.79. The van der Waals surface area contributed by atoms with Crippen molar-refractivity contribution in [2.24, 2.45) is 0 Å². The van der Waals surface area contributed by atoms with Crippen molar-refractivity contribution in [1.29, 1.82) is 0 Å². The van der Waals surface area contributed by atoms with E-state index in [1.165, 1.54) is 0 Å². The largest absolute Gasteiger partial charge is 0.478 e. The van der Waals surface area contributed by atoms with Gasteiger partial charge in [-0.3, -0.25) is 4.90 Å². The Labute approximate surface area is 146 Å². The van der Waals surface area contributed by atoms with Crippen molar-refractivity contribution in [3.63, 3.8) is 0 Å². The number of aromatic carboxylic acids is 1. The summed E-state index contributed by atoms with van der Waals surface area (Å²) in [7, 11) is 0. The molecule has 0 aliphatic carbocycles. The molecular formula is C19H20ClNO3. The summed E-state index contributed by atoms with van der Waals surface area (Å²) in [6.07, 6.45) is 0.826. The molecule has 1 N–H and O–H groups in total. The molecule has 0 amide bonds. The molecule has 126 valence electrons. The van der Waals surface area contributed by atoms with E-state index >= 15 is 0 Å². The van der Waals surface area contributed by atoms with E-state index in [1.54, 1.807) is 12.1 Å². The number of rotatable bonds is 5. The zero-order valence-electron chi connectivity index (χ0n) is 13.3. The molecule has 2 aromatic rings. The summed E-state index contributed by atoms with van der Waals surface area (Å²) in [6, 6.07) is 15.0. The molecule has 3 rings (SSSR count). The van der Waals surface area contributed by atoms with Gasteiger partial charge < -0.3 is 9.84 Å². The molecule has 0 spiro atoms. The fourth-order valence-corrected chi connectivity index (χ4v) is 3.28.